The molecule has 3 rings (SSSR count). The van der Waals surface area contributed by atoms with E-state index in [1.165, 1.54) is 133 Å². The molecule has 3 aromatic rings. The van der Waals surface area contributed by atoms with Crippen molar-refractivity contribution in [3.8, 4) is 0 Å². The quantitative estimate of drug-likeness (QED) is 0.0979. The molecule has 0 fully saturated rings. The second-order valence-corrected chi connectivity index (χ2v) is 13.1. The molecule has 0 aliphatic carbocycles. The topological polar surface area (TPSA) is 17.8 Å². The van der Waals surface area contributed by atoms with Crippen molar-refractivity contribution >= 4 is 0 Å². The average Bonchev–Trinajstić information content (AvgIpc) is 3.48. The van der Waals surface area contributed by atoms with E-state index in [2.05, 4.69) is 98.4 Å². The van der Waals surface area contributed by atoms with Crippen LogP contribution in [-0.2, 0) is 18.4 Å². The van der Waals surface area contributed by atoms with E-state index in [9.17, 15) is 0 Å². The fraction of sp³-hybridized carbons (Fsp3) is 0.625. The smallest absolute Gasteiger partial charge is 0.112 e. The average molecular weight is 571 g/mol. The standard InChI is InChI=1S/C40H62N2/c1-4-6-8-10-12-13-14-15-16-18-26-33-42-34-32-41-39(42)38(31-25-17-11-9-7-5-2)40(3,37-29-23-20-24-30-37)35-36-27-21-19-22-28-36/h19-24,27-30,32,34,38H,4-18,25-26,31,33,35H2,1-3H3. The lowest BCUT2D eigenvalue weighted by Gasteiger charge is -2.39. The van der Waals surface area contributed by atoms with Gasteiger partial charge in [0, 0.05) is 30.3 Å². The number of aromatic nitrogens is 2. The van der Waals surface area contributed by atoms with Crippen LogP contribution in [0.25, 0.3) is 0 Å². The molecular weight excluding hydrogens is 508 g/mol. The molecule has 2 heteroatoms. The summed E-state index contributed by atoms with van der Waals surface area (Å²) in [6.07, 6.45) is 29.8. The van der Waals surface area contributed by atoms with Crippen molar-refractivity contribution < 1.29 is 0 Å². The fourth-order valence-electron chi connectivity index (χ4n) is 6.89. The van der Waals surface area contributed by atoms with Crippen molar-refractivity contribution in [1.29, 1.82) is 0 Å². The summed E-state index contributed by atoms with van der Waals surface area (Å²) >= 11 is 0. The number of aryl methyl sites for hydroxylation is 1. The Morgan fingerprint density at radius 3 is 1.69 bits per heavy atom. The van der Waals surface area contributed by atoms with E-state index in [-0.39, 0.29) is 5.41 Å². The van der Waals surface area contributed by atoms with Crippen molar-refractivity contribution in [1.82, 2.24) is 9.55 Å². The molecule has 232 valence electrons. The van der Waals surface area contributed by atoms with Crippen molar-refractivity contribution in [2.75, 3.05) is 0 Å². The Hall–Kier alpha value is -2.35. The molecule has 2 aromatic carbocycles. The fourth-order valence-corrected chi connectivity index (χ4v) is 6.89. The van der Waals surface area contributed by atoms with E-state index in [1.54, 1.807) is 0 Å². The SMILES string of the molecule is CCCCCCCCCCCCCn1ccnc1C(CCCCCCCC)C(C)(Cc1ccccc1)c1ccccc1. The molecule has 0 aliphatic heterocycles. The maximum absolute atomic E-state index is 5.11. The van der Waals surface area contributed by atoms with Gasteiger partial charge in [0.15, 0.2) is 0 Å². The summed E-state index contributed by atoms with van der Waals surface area (Å²) in [7, 11) is 0. The van der Waals surface area contributed by atoms with E-state index < -0.39 is 0 Å². The zero-order chi connectivity index (χ0) is 29.7. The first kappa shape index (κ1) is 34.1. The molecule has 2 nitrogen and oxygen atoms in total. The van der Waals surface area contributed by atoms with Gasteiger partial charge in [-0.2, -0.15) is 0 Å². The molecule has 0 saturated carbocycles. The number of nitrogens with zero attached hydrogens (tertiary/aromatic N) is 2. The normalized spacial score (nSPS) is 13.7. The number of benzene rings is 2. The van der Waals surface area contributed by atoms with Gasteiger partial charge < -0.3 is 4.57 Å². The Kier molecular flexibility index (Phi) is 16.7. The summed E-state index contributed by atoms with van der Waals surface area (Å²) in [6.45, 7) is 8.21. The summed E-state index contributed by atoms with van der Waals surface area (Å²) in [5.41, 5.74) is 2.83. The third-order valence-corrected chi connectivity index (χ3v) is 9.52. The number of hydrogen-bond donors (Lipinski definition) is 0. The lowest BCUT2D eigenvalue weighted by molar-refractivity contribution is 0.321. The maximum atomic E-state index is 5.11. The molecule has 0 N–H and O–H groups in total. The van der Waals surface area contributed by atoms with Gasteiger partial charge >= 0.3 is 0 Å². The lowest BCUT2D eigenvalue weighted by Crippen LogP contribution is -2.35. The molecule has 0 spiro atoms. The summed E-state index contributed by atoms with van der Waals surface area (Å²) in [4.78, 5) is 5.11. The third kappa shape index (κ3) is 11.7. The molecule has 42 heavy (non-hydrogen) atoms. The second kappa shape index (κ2) is 20.5. The number of rotatable bonds is 24. The molecule has 1 heterocycles. The van der Waals surface area contributed by atoms with Crippen LogP contribution in [-0.4, -0.2) is 9.55 Å². The number of unbranched alkanes of at least 4 members (excludes halogenated alkanes) is 15. The van der Waals surface area contributed by atoms with Gasteiger partial charge in [-0.05, 0) is 30.4 Å². The number of hydrogen-bond acceptors (Lipinski definition) is 1. The molecule has 0 saturated heterocycles. The van der Waals surface area contributed by atoms with Crippen LogP contribution in [0.1, 0.15) is 159 Å². The van der Waals surface area contributed by atoms with E-state index in [0.29, 0.717) is 5.92 Å². The predicted octanol–water partition coefficient (Wildman–Crippen LogP) is 12.2. The molecule has 2 atom stereocenters. The van der Waals surface area contributed by atoms with E-state index >= 15 is 0 Å². The van der Waals surface area contributed by atoms with Gasteiger partial charge in [-0.15, -0.1) is 0 Å². The van der Waals surface area contributed by atoms with E-state index in [4.69, 9.17) is 4.98 Å². The van der Waals surface area contributed by atoms with E-state index in [0.717, 1.165) is 13.0 Å². The van der Waals surface area contributed by atoms with Crippen LogP contribution in [0, 0.1) is 0 Å². The van der Waals surface area contributed by atoms with Gasteiger partial charge in [0.1, 0.15) is 5.82 Å². The van der Waals surface area contributed by atoms with Crippen LogP contribution in [0.2, 0.25) is 0 Å². The summed E-state index contributed by atoms with van der Waals surface area (Å²) in [6, 6.07) is 22.4. The monoisotopic (exact) mass is 570 g/mol. The van der Waals surface area contributed by atoms with Gasteiger partial charge in [-0.25, -0.2) is 4.98 Å². The van der Waals surface area contributed by atoms with Crippen molar-refractivity contribution in [2.45, 2.75) is 161 Å². The molecular formula is C40H62N2. The van der Waals surface area contributed by atoms with Gasteiger partial charge in [-0.1, -0.05) is 184 Å². The minimum absolute atomic E-state index is 0.0216. The summed E-state index contributed by atoms with van der Waals surface area (Å²) < 4.78 is 2.52. The Balaban J connectivity index is 1.68. The predicted molar refractivity (Wildman–Crippen MR) is 183 cm³/mol. The van der Waals surface area contributed by atoms with Gasteiger partial charge in [0.2, 0.25) is 0 Å². The summed E-state index contributed by atoms with van der Waals surface area (Å²) in [5, 5.41) is 0. The zero-order valence-corrected chi connectivity index (χ0v) is 27.5. The molecule has 0 aliphatic rings. The highest BCUT2D eigenvalue weighted by Gasteiger charge is 2.39. The van der Waals surface area contributed by atoms with Crippen LogP contribution in [0.4, 0.5) is 0 Å². The Morgan fingerprint density at radius 1 is 0.619 bits per heavy atom. The minimum Gasteiger partial charge on any atom is -0.335 e. The first-order chi connectivity index (χ1) is 20.7. The molecule has 0 amide bonds. The summed E-state index contributed by atoms with van der Waals surface area (Å²) in [5.74, 6) is 1.69. The molecule has 1 aromatic heterocycles. The first-order valence-corrected chi connectivity index (χ1v) is 17.8. The van der Waals surface area contributed by atoms with Crippen molar-refractivity contribution in [2.24, 2.45) is 0 Å². The minimum atomic E-state index is -0.0216. The van der Waals surface area contributed by atoms with Crippen molar-refractivity contribution in [3.63, 3.8) is 0 Å². The Labute approximate surface area is 259 Å². The highest BCUT2D eigenvalue weighted by atomic mass is 15.1. The molecule has 2 unspecified atom stereocenters. The van der Waals surface area contributed by atoms with Crippen LogP contribution in [0.3, 0.4) is 0 Å². The van der Waals surface area contributed by atoms with Crippen LogP contribution < -0.4 is 0 Å². The Morgan fingerprint density at radius 2 is 1.12 bits per heavy atom. The van der Waals surface area contributed by atoms with Gasteiger partial charge in [-0.3, -0.25) is 0 Å². The molecule has 0 radical (unpaired) electrons. The number of imidazole rings is 1. The van der Waals surface area contributed by atoms with Crippen LogP contribution in [0.15, 0.2) is 73.1 Å². The largest absolute Gasteiger partial charge is 0.335 e. The highest BCUT2D eigenvalue weighted by Crippen LogP contribution is 2.44. The first-order valence-electron chi connectivity index (χ1n) is 17.8. The van der Waals surface area contributed by atoms with Crippen LogP contribution in [0.5, 0.6) is 0 Å². The lowest BCUT2D eigenvalue weighted by atomic mass is 9.66. The van der Waals surface area contributed by atoms with Crippen molar-refractivity contribution in [3.05, 3.63) is 90.0 Å². The maximum Gasteiger partial charge on any atom is 0.112 e. The third-order valence-electron chi connectivity index (χ3n) is 9.52. The second-order valence-electron chi connectivity index (χ2n) is 13.1. The Bertz CT molecular complexity index is 1040. The highest BCUT2D eigenvalue weighted by molar-refractivity contribution is 5.33. The van der Waals surface area contributed by atoms with E-state index in [1.807, 2.05) is 0 Å². The zero-order valence-electron chi connectivity index (χ0n) is 27.5. The van der Waals surface area contributed by atoms with Gasteiger partial charge in [0.05, 0.1) is 0 Å². The molecule has 0 bridgehead atoms. The van der Waals surface area contributed by atoms with Crippen LogP contribution >= 0.6 is 0 Å². The van der Waals surface area contributed by atoms with Gasteiger partial charge in [0.25, 0.3) is 0 Å².